The van der Waals surface area contributed by atoms with E-state index in [2.05, 4.69) is 37.1 Å². The molecule has 54 valence electrons. The fourth-order valence-electron chi connectivity index (χ4n) is 0.857. The third kappa shape index (κ3) is 1.83. The minimum Gasteiger partial charge on any atom is -0.265 e. The van der Waals surface area contributed by atoms with Gasteiger partial charge in [-0.15, -0.1) is 0 Å². The lowest BCUT2D eigenvalue weighted by Gasteiger charge is -1.93. The fourth-order valence-corrected chi connectivity index (χ4v) is 0.857. The van der Waals surface area contributed by atoms with E-state index < -0.39 is 0 Å². The third-order valence-electron chi connectivity index (χ3n) is 1.54. The van der Waals surface area contributed by atoms with Crippen molar-refractivity contribution in [2.45, 2.75) is 20.3 Å². The average molecular weight is 135 g/mol. The van der Waals surface area contributed by atoms with Crippen LogP contribution < -0.4 is 0 Å². The van der Waals surface area contributed by atoms with E-state index in [1.807, 2.05) is 6.21 Å². The van der Waals surface area contributed by atoms with Crippen molar-refractivity contribution in [3.8, 4) is 0 Å². The van der Waals surface area contributed by atoms with E-state index in [-0.39, 0.29) is 0 Å². The molecule has 10 heavy (non-hydrogen) atoms. The molecule has 1 heterocycles. The molecule has 0 aromatic heterocycles. The van der Waals surface area contributed by atoms with Crippen molar-refractivity contribution in [1.29, 1.82) is 0 Å². The van der Waals surface area contributed by atoms with Gasteiger partial charge in [0.05, 0.1) is 0 Å². The van der Waals surface area contributed by atoms with Gasteiger partial charge in [0.1, 0.15) is 0 Å². The highest BCUT2D eigenvalue weighted by atomic mass is 14.7. The Morgan fingerprint density at radius 1 is 1.60 bits per heavy atom. The van der Waals surface area contributed by atoms with E-state index in [1.54, 1.807) is 0 Å². The summed E-state index contributed by atoms with van der Waals surface area (Å²) in [7, 11) is 0. The summed E-state index contributed by atoms with van der Waals surface area (Å²) in [5.41, 5.74) is 1.17. The summed E-state index contributed by atoms with van der Waals surface area (Å²) in [6.45, 7) is 4.25. The summed E-state index contributed by atoms with van der Waals surface area (Å²) in [6.07, 6.45) is 9.30. The molecule has 0 saturated carbocycles. The molecule has 1 aliphatic rings. The standard InChI is InChI=1S/C9H13N/c1-3-9-6-4-5-8(2)7-10-9/h4-8H,3H2,1-2H3. The van der Waals surface area contributed by atoms with Gasteiger partial charge in [-0.2, -0.15) is 0 Å². The van der Waals surface area contributed by atoms with Gasteiger partial charge in [-0.1, -0.05) is 26.0 Å². The molecule has 0 aliphatic carbocycles. The Balaban J connectivity index is 2.71. The second-order valence-corrected chi connectivity index (χ2v) is 2.53. The number of rotatable bonds is 1. The van der Waals surface area contributed by atoms with Crippen LogP contribution in [0, 0.1) is 5.92 Å². The molecule has 0 aromatic rings. The first-order chi connectivity index (χ1) is 4.83. The normalized spacial score (nSPS) is 24.2. The molecule has 0 amide bonds. The Bertz CT molecular complexity index is 187. The summed E-state index contributed by atoms with van der Waals surface area (Å²) >= 11 is 0. The zero-order valence-corrected chi connectivity index (χ0v) is 6.54. The Kier molecular flexibility index (Phi) is 2.43. The molecule has 0 fully saturated rings. The molecular formula is C9H13N. The van der Waals surface area contributed by atoms with Crippen LogP contribution in [-0.2, 0) is 0 Å². The van der Waals surface area contributed by atoms with Gasteiger partial charge in [0.15, 0.2) is 0 Å². The largest absolute Gasteiger partial charge is 0.265 e. The van der Waals surface area contributed by atoms with Crippen LogP contribution >= 0.6 is 0 Å². The van der Waals surface area contributed by atoms with E-state index in [0.717, 1.165) is 6.42 Å². The van der Waals surface area contributed by atoms with Crippen molar-refractivity contribution < 1.29 is 0 Å². The molecule has 1 unspecified atom stereocenters. The van der Waals surface area contributed by atoms with Crippen molar-refractivity contribution in [3.63, 3.8) is 0 Å². The monoisotopic (exact) mass is 135 g/mol. The van der Waals surface area contributed by atoms with Crippen LogP contribution in [0.1, 0.15) is 20.3 Å². The van der Waals surface area contributed by atoms with Gasteiger partial charge in [0, 0.05) is 17.8 Å². The summed E-state index contributed by atoms with van der Waals surface area (Å²) in [5.74, 6) is 0.486. The van der Waals surface area contributed by atoms with Crippen LogP contribution in [0.5, 0.6) is 0 Å². The van der Waals surface area contributed by atoms with Crippen LogP contribution in [0.4, 0.5) is 0 Å². The van der Waals surface area contributed by atoms with E-state index in [9.17, 15) is 0 Å². The first-order valence-corrected chi connectivity index (χ1v) is 3.74. The number of nitrogens with zero attached hydrogens (tertiary/aromatic N) is 1. The van der Waals surface area contributed by atoms with Gasteiger partial charge in [-0.3, -0.25) is 4.99 Å². The highest BCUT2D eigenvalue weighted by Gasteiger charge is 1.94. The minimum atomic E-state index is 0.486. The Labute approximate surface area is 62.2 Å². The minimum absolute atomic E-state index is 0.486. The molecule has 0 bridgehead atoms. The second kappa shape index (κ2) is 3.35. The molecular weight excluding hydrogens is 122 g/mol. The lowest BCUT2D eigenvalue weighted by atomic mass is 10.2. The first kappa shape index (κ1) is 7.26. The molecule has 1 heteroatoms. The molecule has 0 aromatic carbocycles. The van der Waals surface area contributed by atoms with Gasteiger partial charge in [-0.05, 0) is 12.5 Å². The Morgan fingerprint density at radius 3 is 3.10 bits per heavy atom. The van der Waals surface area contributed by atoms with Crippen molar-refractivity contribution in [1.82, 2.24) is 0 Å². The topological polar surface area (TPSA) is 12.4 Å². The van der Waals surface area contributed by atoms with Crippen molar-refractivity contribution >= 4 is 6.21 Å². The Morgan fingerprint density at radius 2 is 2.40 bits per heavy atom. The molecule has 1 rings (SSSR count). The van der Waals surface area contributed by atoms with E-state index in [0.29, 0.717) is 5.92 Å². The van der Waals surface area contributed by atoms with Gasteiger partial charge in [0.25, 0.3) is 0 Å². The maximum Gasteiger partial charge on any atom is 0.0397 e. The van der Waals surface area contributed by atoms with Crippen LogP contribution in [0.3, 0.4) is 0 Å². The Hall–Kier alpha value is -0.850. The van der Waals surface area contributed by atoms with E-state index in [4.69, 9.17) is 0 Å². The van der Waals surface area contributed by atoms with Crippen molar-refractivity contribution in [2.24, 2.45) is 10.9 Å². The molecule has 0 spiro atoms. The molecule has 1 atom stereocenters. The highest BCUT2D eigenvalue weighted by molar-refractivity contribution is 5.65. The zero-order valence-electron chi connectivity index (χ0n) is 6.54. The van der Waals surface area contributed by atoms with Crippen LogP contribution in [0.2, 0.25) is 0 Å². The fraction of sp³-hybridized carbons (Fsp3) is 0.444. The second-order valence-electron chi connectivity index (χ2n) is 2.53. The van der Waals surface area contributed by atoms with E-state index in [1.165, 1.54) is 5.70 Å². The number of allylic oxidation sites excluding steroid dienone is 4. The summed E-state index contributed by atoms with van der Waals surface area (Å²) in [6, 6.07) is 0. The maximum absolute atomic E-state index is 4.30. The molecule has 1 nitrogen and oxygen atoms in total. The van der Waals surface area contributed by atoms with Crippen molar-refractivity contribution in [2.75, 3.05) is 0 Å². The maximum atomic E-state index is 4.30. The number of aliphatic imine (C=N–C) groups is 1. The summed E-state index contributed by atoms with van der Waals surface area (Å²) < 4.78 is 0. The number of hydrogen-bond donors (Lipinski definition) is 0. The molecule has 0 saturated heterocycles. The molecule has 1 aliphatic heterocycles. The van der Waals surface area contributed by atoms with Crippen molar-refractivity contribution in [3.05, 3.63) is 23.9 Å². The summed E-state index contributed by atoms with van der Waals surface area (Å²) in [5, 5.41) is 0. The quantitative estimate of drug-likeness (QED) is 0.524. The zero-order chi connectivity index (χ0) is 7.40. The van der Waals surface area contributed by atoms with Gasteiger partial charge >= 0.3 is 0 Å². The van der Waals surface area contributed by atoms with Gasteiger partial charge < -0.3 is 0 Å². The smallest absolute Gasteiger partial charge is 0.0397 e. The predicted octanol–water partition coefficient (Wildman–Crippen LogP) is 2.56. The van der Waals surface area contributed by atoms with Gasteiger partial charge in [0.2, 0.25) is 0 Å². The SMILES string of the molecule is CCC1=CC=CC(C)C=N1. The van der Waals surface area contributed by atoms with Crippen LogP contribution in [-0.4, -0.2) is 6.21 Å². The lowest BCUT2D eigenvalue weighted by molar-refractivity contribution is 1.01. The first-order valence-electron chi connectivity index (χ1n) is 3.74. The number of hydrogen-bond acceptors (Lipinski definition) is 1. The predicted molar refractivity (Wildman–Crippen MR) is 45.2 cm³/mol. The molecule has 0 N–H and O–H groups in total. The lowest BCUT2D eigenvalue weighted by Crippen LogP contribution is -1.87. The van der Waals surface area contributed by atoms with Gasteiger partial charge in [-0.25, -0.2) is 0 Å². The summed E-state index contributed by atoms with van der Waals surface area (Å²) in [4.78, 5) is 4.30. The third-order valence-corrected chi connectivity index (χ3v) is 1.54. The average Bonchev–Trinajstić information content (AvgIpc) is 2.14. The van der Waals surface area contributed by atoms with Crippen LogP contribution in [0.25, 0.3) is 0 Å². The highest BCUT2D eigenvalue weighted by Crippen LogP contribution is 2.07. The van der Waals surface area contributed by atoms with Crippen LogP contribution in [0.15, 0.2) is 28.9 Å². The molecule has 0 radical (unpaired) electrons. The van der Waals surface area contributed by atoms with E-state index >= 15 is 0 Å².